The predicted octanol–water partition coefficient (Wildman–Crippen LogP) is 5.84. The van der Waals surface area contributed by atoms with Crippen molar-refractivity contribution in [1.82, 2.24) is 4.57 Å². The molecule has 29 heavy (non-hydrogen) atoms. The minimum absolute atomic E-state index is 0.203. The van der Waals surface area contributed by atoms with Gasteiger partial charge in [-0.2, -0.15) is 4.99 Å². The smallest absolute Gasteiger partial charge is 0.252 e. The average Bonchev–Trinajstić information content (AvgIpc) is 3.04. The number of benzene rings is 2. The number of ether oxygens (including phenoxy) is 1. The fraction of sp³-hybridized carbons (Fsp3) is 0.364. The first-order valence-corrected chi connectivity index (χ1v) is 11.2. The van der Waals surface area contributed by atoms with Crippen LogP contribution < -0.4 is 4.80 Å². The zero-order chi connectivity index (χ0) is 21.0. The second kappa shape index (κ2) is 9.90. The van der Waals surface area contributed by atoms with Crippen LogP contribution in [0.1, 0.15) is 37.8 Å². The van der Waals surface area contributed by atoms with Crippen LogP contribution in [-0.4, -0.2) is 23.7 Å². The summed E-state index contributed by atoms with van der Waals surface area (Å²) in [5.41, 5.74) is 2.98. The van der Waals surface area contributed by atoms with E-state index in [0.29, 0.717) is 40.5 Å². The Bertz CT molecular complexity index is 1070. The first kappa shape index (κ1) is 22.0. The lowest BCUT2D eigenvalue weighted by molar-refractivity contribution is -0.117. The third-order valence-electron chi connectivity index (χ3n) is 4.61. The lowest BCUT2D eigenvalue weighted by Gasteiger charge is -2.07. The summed E-state index contributed by atoms with van der Waals surface area (Å²) in [6, 6.07) is 11.6. The number of amides is 1. The highest BCUT2D eigenvalue weighted by Gasteiger charge is 2.14. The monoisotopic (exact) mass is 450 g/mol. The van der Waals surface area contributed by atoms with E-state index in [0.717, 1.165) is 15.8 Å². The molecule has 154 valence electrons. The van der Waals surface area contributed by atoms with Crippen molar-refractivity contribution in [3.63, 3.8) is 0 Å². The summed E-state index contributed by atoms with van der Waals surface area (Å²) in [6.45, 7) is 7.91. The molecule has 0 atom stereocenters. The Labute approximate surface area is 184 Å². The van der Waals surface area contributed by atoms with E-state index >= 15 is 0 Å². The number of carbonyl (C=O) groups excluding carboxylic acids is 1. The zero-order valence-corrected chi connectivity index (χ0v) is 19.1. The highest BCUT2D eigenvalue weighted by molar-refractivity contribution is 7.17. The third kappa shape index (κ3) is 5.28. The number of hydrogen-bond acceptors (Lipinski definition) is 3. The summed E-state index contributed by atoms with van der Waals surface area (Å²) >= 11 is 14.2. The molecule has 0 aliphatic heterocycles. The summed E-state index contributed by atoms with van der Waals surface area (Å²) in [5.74, 6) is 0.257. The summed E-state index contributed by atoms with van der Waals surface area (Å²) in [6.07, 6.45) is 0.250. The molecule has 0 radical (unpaired) electrons. The van der Waals surface area contributed by atoms with Crippen LogP contribution in [0, 0.1) is 0 Å². The van der Waals surface area contributed by atoms with Crippen molar-refractivity contribution in [1.29, 1.82) is 0 Å². The fourth-order valence-electron chi connectivity index (χ4n) is 3.05. The molecule has 2 aromatic carbocycles. The van der Waals surface area contributed by atoms with Gasteiger partial charge in [0.2, 0.25) is 0 Å². The van der Waals surface area contributed by atoms with Crippen LogP contribution in [0.5, 0.6) is 0 Å². The van der Waals surface area contributed by atoms with Crippen LogP contribution in [0.3, 0.4) is 0 Å². The Morgan fingerprint density at radius 3 is 2.48 bits per heavy atom. The molecule has 1 aromatic heterocycles. The zero-order valence-electron chi connectivity index (χ0n) is 16.7. The largest absolute Gasteiger partial charge is 0.380 e. The summed E-state index contributed by atoms with van der Waals surface area (Å²) in [7, 11) is 0. The molecule has 0 unspecified atom stereocenters. The lowest BCUT2D eigenvalue weighted by atomic mass is 10.0. The van der Waals surface area contributed by atoms with E-state index in [1.807, 2.05) is 23.6 Å². The van der Waals surface area contributed by atoms with Crippen LogP contribution in [-0.2, 0) is 22.5 Å². The van der Waals surface area contributed by atoms with Crippen molar-refractivity contribution in [2.24, 2.45) is 4.99 Å². The number of halogens is 2. The minimum atomic E-state index is -0.203. The van der Waals surface area contributed by atoms with Gasteiger partial charge in [0.05, 0.1) is 33.3 Å². The Morgan fingerprint density at radius 1 is 1.14 bits per heavy atom. The van der Waals surface area contributed by atoms with Crippen LogP contribution in [0.25, 0.3) is 10.2 Å². The fourth-order valence-corrected chi connectivity index (χ4v) is 4.73. The Morgan fingerprint density at radius 2 is 1.83 bits per heavy atom. The first-order valence-electron chi connectivity index (χ1n) is 9.62. The number of rotatable bonds is 7. The van der Waals surface area contributed by atoms with E-state index in [1.54, 1.807) is 12.1 Å². The molecule has 0 aliphatic rings. The van der Waals surface area contributed by atoms with Crippen LogP contribution in [0.15, 0.2) is 41.4 Å². The molecular formula is C22H24Cl2N2O2S. The van der Waals surface area contributed by atoms with Crippen molar-refractivity contribution in [2.45, 2.75) is 39.7 Å². The second-order valence-electron chi connectivity index (χ2n) is 7.02. The van der Waals surface area contributed by atoms with Crippen molar-refractivity contribution >= 4 is 50.7 Å². The summed E-state index contributed by atoms with van der Waals surface area (Å²) in [4.78, 5) is 17.6. The van der Waals surface area contributed by atoms with Crippen LogP contribution in [0.4, 0.5) is 0 Å². The molecule has 0 bridgehead atoms. The van der Waals surface area contributed by atoms with E-state index in [4.69, 9.17) is 27.9 Å². The van der Waals surface area contributed by atoms with Crippen molar-refractivity contribution in [3.8, 4) is 0 Å². The van der Waals surface area contributed by atoms with Gasteiger partial charge in [0, 0.05) is 13.2 Å². The predicted molar refractivity (Wildman–Crippen MR) is 121 cm³/mol. The van der Waals surface area contributed by atoms with Crippen molar-refractivity contribution < 1.29 is 9.53 Å². The summed E-state index contributed by atoms with van der Waals surface area (Å²) < 4.78 is 8.24. The lowest BCUT2D eigenvalue weighted by Crippen LogP contribution is -2.20. The molecule has 0 aliphatic carbocycles. The van der Waals surface area contributed by atoms with Crippen molar-refractivity contribution in [2.75, 3.05) is 13.2 Å². The maximum absolute atomic E-state index is 12.7. The van der Waals surface area contributed by atoms with E-state index in [1.165, 1.54) is 16.9 Å². The number of carbonyl (C=O) groups is 1. The maximum atomic E-state index is 12.7. The SMILES string of the molecule is CCOCCn1c(=NC(=O)Cc2ccc(C(C)C)cc2)sc2c(Cl)ccc(Cl)c21. The Hall–Kier alpha value is -1.66. The van der Waals surface area contributed by atoms with Crippen LogP contribution >= 0.6 is 34.5 Å². The molecule has 1 heterocycles. The number of hydrogen-bond donors (Lipinski definition) is 0. The molecule has 4 nitrogen and oxygen atoms in total. The molecule has 0 saturated carbocycles. The normalized spacial score (nSPS) is 12.3. The van der Waals surface area contributed by atoms with Gasteiger partial charge in [0.15, 0.2) is 4.80 Å². The van der Waals surface area contributed by atoms with E-state index in [9.17, 15) is 4.79 Å². The first-order chi connectivity index (χ1) is 13.9. The molecule has 3 aromatic rings. The molecular weight excluding hydrogens is 427 g/mol. The highest BCUT2D eigenvalue weighted by Crippen LogP contribution is 2.31. The maximum Gasteiger partial charge on any atom is 0.252 e. The van der Waals surface area contributed by atoms with Gasteiger partial charge in [-0.25, -0.2) is 0 Å². The minimum Gasteiger partial charge on any atom is -0.380 e. The van der Waals surface area contributed by atoms with E-state index in [-0.39, 0.29) is 12.3 Å². The molecule has 1 amide bonds. The molecule has 0 fully saturated rings. The van der Waals surface area contributed by atoms with Gasteiger partial charge in [0.25, 0.3) is 5.91 Å². The van der Waals surface area contributed by atoms with Gasteiger partial charge in [-0.3, -0.25) is 4.79 Å². The van der Waals surface area contributed by atoms with Crippen LogP contribution in [0.2, 0.25) is 10.0 Å². The standard InChI is InChI=1S/C22H24Cl2N2O2S/c1-4-28-12-11-26-20-17(23)9-10-18(24)21(20)29-22(26)25-19(27)13-15-5-7-16(8-6-15)14(2)3/h5-10,14H,4,11-13H2,1-3H3. The van der Waals surface area contributed by atoms with Gasteiger partial charge >= 0.3 is 0 Å². The molecule has 0 spiro atoms. The number of aromatic nitrogens is 1. The van der Waals surface area contributed by atoms with Gasteiger partial charge in [-0.05, 0) is 36.1 Å². The summed E-state index contributed by atoms with van der Waals surface area (Å²) in [5, 5.41) is 1.17. The van der Waals surface area contributed by atoms with Gasteiger partial charge in [-0.1, -0.05) is 72.7 Å². The quantitative estimate of drug-likeness (QED) is 0.424. The van der Waals surface area contributed by atoms with E-state index in [2.05, 4.69) is 31.0 Å². The van der Waals surface area contributed by atoms with Gasteiger partial charge in [-0.15, -0.1) is 0 Å². The highest BCUT2D eigenvalue weighted by atomic mass is 35.5. The number of fused-ring (bicyclic) bond motifs is 1. The Kier molecular flexibility index (Phi) is 7.52. The topological polar surface area (TPSA) is 43.6 Å². The third-order valence-corrected chi connectivity index (χ3v) is 6.46. The molecule has 0 saturated heterocycles. The second-order valence-corrected chi connectivity index (χ2v) is 8.81. The van der Waals surface area contributed by atoms with Crippen molar-refractivity contribution in [3.05, 3.63) is 62.4 Å². The molecule has 3 rings (SSSR count). The Balaban J connectivity index is 1.95. The van der Waals surface area contributed by atoms with Gasteiger partial charge in [0.1, 0.15) is 0 Å². The molecule has 0 N–H and O–H groups in total. The van der Waals surface area contributed by atoms with E-state index < -0.39 is 0 Å². The number of thiazole rings is 1. The average molecular weight is 451 g/mol. The van der Waals surface area contributed by atoms with Gasteiger partial charge < -0.3 is 9.30 Å². The molecule has 7 heteroatoms. The number of nitrogens with zero attached hydrogens (tertiary/aromatic N) is 2.